The number of nitrogens with zero attached hydrogens (tertiary/aromatic N) is 1. The summed E-state index contributed by atoms with van der Waals surface area (Å²) < 4.78 is 0. The lowest BCUT2D eigenvalue weighted by atomic mass is 10.1. The van der Waals surface area contributed by atoms with Gasteiger partial charge < -0.3 is 15.1 Å². The molecule has 6 heteroatoms. The number of anilines is 1. The highest BCUT2D eigenvalue weighted by Gasteiger charge is 2.29. The van der Waals surface area contributed by atoms with Gasteiger partial charge in [-0.1, -0.05) is 0 Å². The molecular formula is C13H15NO4S. The van der Waals surface area contributed by atoms with E-state index in [1.165, 1.54) is 17.0 Å². The molecule has 19 heavy (non-hydrogen) atoms. The number of benzene rings is 1. The third-order valence-electron chi connectivity index (χ3n) is 3.00. The van der Waals surface area contributed by atoms with Crippen molar-refractivity contribution in [1.82, 2.24) is 0 Å². The lowest BCUT2D eigenvalue weighted by Crippen LogP contribution is -2.39. The first-order valence-corrected chi connectivity index (χ1v) is 7.13. The second kappa shape index (κ2) is 5.97. The molecule has 1 aromatic rings. The summed E-state index contributed by atoms with van der Waals surface area (Å²) in [7, 11) is 0. The normalized spacial score (nSPS) is 18.2. The highest BCUT2D eigenvalue weighted by Crippen LogP contribution is 2.28. The third kappa shape index (κ3) is 3.41. The smallest absolute Gasteiger partial charge is 0.323 e. The Morgan fingerprint density at radius 1 is 1.32 bits per heavy atom. The van der Waals surface area contributed by atoms with Crippen LogP contribution in [0.2, 0.25) is 0 Å². The predicted octanol–water partition coefficient (Wildman–Crippen LogP) is 1.56. The molecule has 0 bridgehead atoms. The van der Waals surface area contributed by atoms with E-state index >= 15 is 0 Å². The summed E-state index contributed by atoms with van der Waals surface area (Å²) >= 11 is 1.71. The van der Waals surface area contributed by atoms with Crippen molar-refractivity contribution in [2.24, 2.45) is 5.92 Å². The molecular weight excluding hydrogens is 266 g/mol. The average Bonchev–Trinajstić information content (AvgIpc) is 2.90. The van der Waals surface area contributed by atoms with Gasteiger partial charge in [-0.3, -0.25) is 9.59 Å². The lowest BCUT2D eigenvalue weighted by molar-refractivity contribution is -0.137. The molecule has 2 rings (SSSR count). The molecule has 1 aromatic carbocycles. The molecule has 1 atom stereocenters. The number of phenols is 1. The molecule has 1 unspecified atom stereocenters. The zero-order valence-corrected chi connectivity index (χ0v) is 11.1. The Labute approximate surface area is 115 Å². The van der Waals surface area contributed by atoms with Crippen LogP contribution in [0.5, 0.6) is 5.75 Å². The van der Waals surface area contributed by atoms with Crippen LogP contribution in [0.25, 0.3) is 0 Å². The molecule has 102 valence electrons. The van der Waals surface area contributed by atoms with E-state index < -0.39 is 5.97 Å². The maximum atomic E-state index is 12.4. The number of aromatic hydroxyl groups is 1. The number of carboxylic acids is 1. The van der Waals surface area contributed by atoms with Crippen molar-refractivity contribution in [1.29, 1.82) is 0 Å². The average molecular weight is 281 g/mol. The van der Waals surface area contributed by atoms with Crippen molar-refractivity contribution in [2.45, 2.75) is 6.42 Å². The number of hydrogen-bond acceptors (Lipinski definition) is 4. The summed E-state index contributed by atoms with van der Waals surface area (Å²) in [6.45, 7) is -0.356. The summed E-state index contributed by atoms with van der Waals surface area (Å²) in [6.07, 6.45) is 0.789. The molecule has 1 heterocycles. The van der Waals surface area contributed by atoms with Gasteiger partial charge in [-0.25, -0.2) is 0 Å². The Hall–Kier alpha value is -1.69. The van der Waals surface area contributed by atoms with Gasteiger partial charge >= 0.3 is 5.97 Å². The van der Waals surface area contributed by atoms with Crippen LogP contribution in [0.4, 0.5) is 5.69 Å². The van der Waals surface area contributed by atoms with Crippen molar-refractivity contribution >= 4 is 29.3 Å². The summed E-state index contributed by atoms with van der Waals surface area (Å²) in [4.78, 5) is 24.6. The number of carboxylic acid groups (broad SMARTS) is 1. The van der Waals surface area contributed by atoms with E-state index in [1.54, 1.807) is 23.9 Å². The van der Waals surface area contributed by atoms with Gasteiger partial charge in [-0.05, 0) is 36.4 Å². The van der Waals surface area contributed by atoms with E-state index in [-0.39, 0.29) is 24.1 Å². The highest BCUT2D eigenvalue weighted by molar-refractivity contribution is 7.99. The lowest BCUT2D eigenvalue weighted by Gasteiger charge is -2.23. The Morgan fingerprint density at radius 2 is 2.00 bits per heavy atom. The number of thioether (sulfide) groups is 1. The molecule has 1 saturated heterocycles. The van der Waals surface area contributed by atoms with Crippen molar-refractivity contribution in [3.63, 3.8) is 0 Å². The summed E-state index contributed by atoms with van der Waals surface area (Å²) in [6, 6.07) is 6.00. The van der Waals surface area contributed by atoms with Gasteiger partial charge in [0.1, 0.15) is 12.3 Å². The molecule has 0 aliphatic carbocycles. The van der Waals surface area contributed by atoms with Crippen LogP contribution < -0.4 is 4.90 Å². The highest BCUT2D eigenvalue weighted by atomic mass is 32.2. The van der Waals surface area contributed by atoms with E-state index in [0.29, 0.717) is 5.69 Å². The molecule has 1 fully saturated rings. The van der Waals surface area contributed by atoms with Gasteiger partial charge in [-0.2, -0.15) is 11.8 Å². The first-order chi connectivity index (χ1) is 9.08. The molecule has 1 amide bonds. The Kier molecular flexibility index (Phi) is 4.31. The van der Waals surface area contributed by atoms with Crippen LogP contribution >= 0.6 is 11.8 Å². The Balaban J connectivity index is 2.21. The summed E-state index contributed by atoms with van der Waals surface area (Å²) in [5, 5.41) is 18.2. The molecule has 1 aliphatic heterocycles. The minimum Gasteiger partial charge on any atom is -0.508 e. The van der Waals surface area contributed by atoms with E-state index in [9.17, 15) is 14.7 Å². The molecule has 1 aliphatic rings. The Bertz CT molecular complexity index is 468. The van der Waals surface area contributed by atoms with Crippen molar-refractivity contribution in [2.75, 3.05) is 23.0 Å². The molecule has 0 saturated carbocycles. The SMILES string of the molecule is O=C(O)CN(C(=O)C1CCSC1)c1ccc(O)cc1. The van der Waals surface area contributed by atoms with Crippen LogP contribution in [0, 0.1) is 5.92 Å². The first kappa shape index (κ1) is 13.7. The number of carbonyl (C=O) groups excluding carboxylic acids is 1. The minimum atomic E-state index is -1.05. The molecule has 0 spiro atoms. The van der Waals surface area contributed by atoms with Crippen LogP contribution in [0.15, 0.2) is 24.3 Å². The van der Waals surface area contributed by atoms with E-state index in [4.69, 9.17) is 5.11 Å². The monoisotopic (exact) mass is 281 g/mol. The third-order valence-corrected chi connectivity index (χ3v) is 4.16. The largest absolute Gasteiger partial charge is 0.508 e. The molecule has 2 N–H and O–H groups in total. The molecule has 5 nitrogen and oxygen atoms in total. The van der Waals surface area contributed by atoms with Crippen LogP contribution in [-0.2, 0) is 9.59 Å². The van der Waals surface area contributed by atoms with Gasteiger partial charge in [-0.15, -0.1) is 0 Å². The van der Waals surface area contributed by atoms with Gasteiger partial charge in [0, 0.05) is 17.4 Å². The number of rotatable bonds is 4. The van der Waals surface area contributed by atoms with Gasteiger partial charge in [0.25, 0.3) is 0 Å². The van der Waals surface area contributed by atoms with Gasteiger partial charge in [0.15, 0.2) is 0 Å². The quantitative estimate of drug-likeness (QED) is 0.875. The number of phenolic OH excluding ortho intramolecular Hbond substituents is 1. The standard InChI is InChI=1S/C13H15NO4S/c15-11-3-1-10(2-4-11)14(7-12(16)17)13(18)9-5-6-19-8-9/h1-4,9,15H,5-8H2,(H,16,17). The summed E-state index contributed by atoms with van der Waals surface area (Å²) in [5.41, 5.74) is 0.502. The predicted molar refractivity (Wildman–Crippen MR) is 73.5 cm³/mol. The number of hydrogen-bond donors (Lipinski definition) is 2. The molecule has 0 aromatic heterocycles. The van der Waals surface area contributed by atoms with Crippen LogP contribution in [0.1, 0.15) is 6.42 Å². The fraction of sp³-hybridized carbons (Fsp3) is 0.385. The summed E-state index contributed by atoms with van der Waals surface area (Å²) in [5.74, 6) is 0.450. The minimum absolute atomic E-state index is 0.0860. The van der Waals surface area contributed by atoms with Crippen molar-refractivity contribution in [3.8, 4) is 5.75 Å². The van der Waals surface area contributed by atoms with E-state index in [2.05, 4.69) is 0 Å². The van der Waals surface area contributed by atoms with Crippen LogP contribution in [0.3, 0.4) is 0 Å². The maximum absolute atomic E-state index is 12.4. The van der Waals surface area contributed by atoms with Crippen LogP contribution in [-0.4, -0.2) is 40.1 Å². The van der Waals surface area contributed by atoms with Gasteiger partial charge in [0.05, 0.1) is 0 Å². The maximum Gasteiger partial charge on any atom is 0.323 e. The fourth-order valence-electron chi connectivity index (χ4n) is 2.01. The number of aliphatic carboxylic acids is 1. The number of amides is 1. The topological polar surface area (TPSA) is 77.8 Å². The fourth-order valence-corrected chi connectivity index (χ4v) is 3.23. The van der Waals surface area contributed by atoms with Crippen molar-refractivity contribution in [3.05, 3.63) is 24.3 Å². The zero-order chi connectivity index (χ0) is 13.8. The van der Waals surface area contributed by atoms with E-state index in [0.717, 1.165) is 17.9 Å². The second-order valence-corrected chi connectivity index (χ2v) is 5.54. The Morgan fingerprint density at radius 3 is 2.53 bits per heavy atom. The first-order valence-electron chi connectivity index (χ1n) is 5.98. The van der Waals surface area contributed by atoms with E-state index in [1.807, 2.05) is 0 Å². The zero-order valence-electron chi connectivity index (χ0n) is 10.3. The van der Waals surface area contributed by atoms with Gasteiger partial charge in [0.2, 0.25) is 5.91 Å². The van der Waals surface area contributed by atoms with Crippen molar-refractivity contribution < 1.29 is 19.8 Å². The molecule has 0 radical (unpaired) electrons. The second-order valence-electron chi connectivity index (χ2n) is 4.40. The number of carbonyl (C=O) groups is 2.